The lowest BCUT2D eigenvalue weighted by Gasteiger charge is -2.12. The first-order valence-electron chi connectivity index (χ1n) is 7.50. The second-order valence-corrected chi connectivity index (χ2v) is 6.50. The summed E-state index contributed by atoms with van der Waals surface area (Å²) in [6.45, 7) is 1.90. The molecule has 2 aromatic heterocycles. The smallest absolute Gasteiger partial charge is 0.237 e. The van der Waals surface area contributed by atoms with Crippen LogP contribution in [0.3, 0.4) is 0 Å². The van der Waals surface area contributed by atoms with Crippen LogP contribution in [0.5, 0.6) is 0 Å². The number of benzene rings is 1. The van der Waals surface area contributed by atoms with E-state index in [-0.39, 0.29) is 11.2 Å². The Morgan fingerprint density at radius 3 is 2.75 bits per heavy atom. The average Bonchev–Trinajstić information content (AvgIpc) is 3.16. The lowest BCUT2D eigenvalue weighted by Crippen LogP contribution is -2.22. The zero-order chi connectivity index (χ0) is 16.8. The Hall–Kier alpha value is -2.67. The predicted molar refractivity (Wildman–Crippen MR) is 95.0 cm³/mol. The number of carbonyl (C=O) groups excluding carboxylic acids is 1. The van der Waals surface area contributed by atoms with E-state index in [4.69, 9.17) is 0 Å². The molecule has 1 atom stereocenters. The first-order chi connectivity index (χ1) is 11.7. The number of nitrogens with zero attached hydrogens (tertiary/aromatic N) is 4. The molecule has 0 bridgehead atoms. The van der Waals surface area contributed by atoms with E-state index >= 15 is 0 Å². The van der Waals surface area contributed by atoms with Crippen LogP contribution >= 0.6 is 11.8 Å². The Morgan fingerprint density at radius 1 is 1.25 bits per heavy atom. The molecule has 0 saturated heterocycles. The number of aromatic nitrogens is 4. The van der Waals surface area contributed by atoms with Crippen LogP contribution in [0, 0.1) is 0 Å². The topological polar surface area (TPSA) is 72.7 Å². The zero-order valence-corrected chi connectivity index (χ0v) is 14.0. The maximum Gasteiger partial charge on any atom is 0.237 e. The number of thioether (sulfide) groups is 1. The van der Waals surface area contributed by atoms with Gasteiger partial charge in [0.15, 0.2) is 5.82 Å². The first-order valence-corrected chi connectivity index (χ1v) is 8.55. The molecule has 0 aliphatic carbocycles. The highest BCUT2D eigenvalue weighted by Crippen LogP contribution is 2.19. The molecule has 0 aliphatic rings. The van der Waals surface area contributed by atoms with Crippen molar-refractivity contribution in [3.63, 3.8) is 0 Å². The summed E-state index contributed by atoms with van der Waals surface area (Å²) in [5.41, 5.74) is 1.87. The van der Waals surface area contributed by atoms with Crippen molar-refractivity contribution in [1.82, 2.24) is 19.7 Å². The highest BCUT2D eigenvalue weighted by Gasteiger charge is 2.14. The van der Waals surface area contributed by atoms with Crippen LogP contribution in [0.4, 0.5) is 5.69 Å². The Kier molecular flexibility index (Phi) is 5.22. The quantitative estimate of drug-likeness (QED) is 0.747. The second kappa shape index (κ2) is 7.74. The number of nitrogens with one attached hydrogen (secondary N) is 1. The van der Waals surface area contributed by atoms with Gasteiger partial charge >= 0.3 is 0 Å². The molecule has 0 fully saturated rings. The number of hydrogen-bond donors (Lipinski definition) is 1. The third-order valence-electron chi connectivity index (χ3n) is 3.38. The normalized spacial score (nSPS) is 11.9. The minimum Gasteiger partial charge on any atom is -0.324 e. The molecule has 1 unspecified atom stereocenters. The third-order valence-corrected chi connectivity index (χ3v) is 4.60. The summed E-state index contributed by atoms with van der Waals surface area (Å²) in [5, 5.41) is 6.74. The standard InChI is InChI=1S/C17H17N5OS/c1-13(24-10-14-5-3-2-4-6-14)17(23)21-15-7-8-16(19-9-15)22-12-18-11-20-22/h2-9,11-13H,10H2,1H3,(H,21,23). The fraction of sp³-hybridized carbons (Fsp3) is 0.176. The van der Waals surface area contributed by atoms with Crippen molar-refractivity contribution in [2.24, 2.45) is 0 Å². The van der Waals surface area contributed by atoms with Crippen LogP contribution in [-0.4, -0.2) is 30.9 Å². The van der Waals surface area contributed by atoms with Gasteiger partial charge in [-0.15, -0.1) is 11.8 Å². The highest BCUT2D eigenvalue weighted by atomic mass is 32.2. The Balaban J connectivity index is 1.54. The molecule has 122 valence electrons. The zero-order valence-electron chi connectivity index (χ0n) is 13.2. The van der Waals surface area contributed by atoms with Gasteiger partial charge in [0.1, 0.15) is 12.7 Å². The van der Waals surface area contributed by atoms with Gasteiger partial charge < -0.3 is 5.32 Å². The number of carbonyl (C=O) groups is 1. The summed E-state index contributed by atoms with van der Waals surface area (Å²) in [6.07, 6.45) is 4.63. The number of hydrogen-bond acceptors (Lipinski definition) is 5. The summed E-state index contributed by atoms with van der Waals surface area (Å²) >= 11 is 1.60. The molecule has 0 aliphatic heterocycles. The van der Waals surface area contributed by atoms with Crippen molar-refractivity contribution in [2.75, 3.05) is 5.32 Å². The lowest BCUT2D eigenvalue weighted by atomic mass is 10.2. The maximum absolute atomic E-state index is 12.3. The summed E-state index contributed by atoms with van der Waals surface area (Å²) in [7, 11) is 0. The number of anilines is 1. The second-order valence-electron chi connectivity index (χ2n) is 5.17. The molecule has 6 nitrogen and oxygen atoms in total. The fourth-order valence-corrected chi connectivity index (χ4v) is 2.88. The molecule has 24 heavy (non-hydrogen) atoms. The highest BCUT2D eigenvalue weighted by molar-refractivity contribution is 7.99. The van der Waals surface area contributed by atoms with Crippen LogP contribution in [-0.2, 0) is 10.5 Å². The summed E-state index contributed by atoms with van der Waals surface area (Å²) in [4.78, 5) is 20.4. The summed E-state index contributed by atoms with van der Waals surface area (Å²) < 4.78 is 1.56. The van der Waals surface area contributed by atoms with Gasteiger partial charge in [-0.05, 0) is 24.6 Å². The van der Waals surface area contributed by atoms with Gasteiger partial charge in [-0.25, -0.2) is 14.6 Å². The molecule has 1 N–H and O–H groups in total. The van der Waals surface area contributed by atoms with Gasteiger partial charge in [0.05, 0.1) is 17.1 Å². The van der Waals surface area contributed by atoms with Gasteiger partial charge in [0.25, 0.3) is 0 Å². The fourth-order valence-electron chi connectivity index (χ4n) is 2.04. The van der Waals surface area contributed by atoms with E-state index in [0.29, 0.717) is 11.5 Å². The van der Waals surface area contributed by atoms with Gasteiger partial charge in [0, 0.05) is 5.75 Å². The van der Waals surface area contributed by atoms with Crippen LogP contribution in [0.25, 0.3) is 5.82 Å². The minimum atomic E-state index is -0.153. The molecule has 2 heterocycles. The molecule has 1 aromatic carbocycles. The van der Waals surface area contributed by atoms with Crippen molar-refractivity contribution in [1.29, 1.82) is 0 Å². The largest absolute Gasteiger partial charge is 0.324 e. The molecule has 1 amide bonds. The van der Waals surface area contributed by atoms with Crippen LogP contribution in [0.2, 0.25) is 0 Å². The van der Waals surface area contributed by atoms with E-state index in [0.717, 1.165) is 5.75 Å². The molecule has 3 aromatic rings. The molecule has 0 radical (unpaired) electrons. The molecule has 0 saturated carbocycles. The minimum absolute atomic E-state index is 0.0359. The van der Waals surface area contributed by atoms with Crippen LogP contribution in [0.1, 0.15) is 12.5 Å². The van der Waals surface area contributed by atoms with Crippen molar-refractivity contribution >= 4 is 23.4 Å². The molecular weight excluding hydrogens is 322 g/mol. The number of rotatable bonds is 6. The average molecular weight is 339 g/mol. The predicted octanol–water partition coefficient (Wildman–Crippen LogP) is 2.92. The molecular formula is C17H17N5OS. The van der Waals surface area contributed by atoms with Crippen molar-refractivity contribution in [3.05, 3.63) is 66.9 Å². The summed E-state index contributed by atoms with van der Waals surface area (Å²) in [6, 6.07) is 13.7. The van der Waals surface area contributed by atoms with E-state index < -0.39 is 0 Å². The van der Waals surface area contributed by atoms with Crippen LogP contribution < -0.4 is 5.32 Å². The van der Waals surface area contributed by atoms with E-state index in [1.807, 2.05) is 25.1 Å². The Bertz CT molecular complexity index is 775. The molecule has 3 rings (SSSR count). The first kappa shape index (κ1) is 16.2. The monoisotopic (exact) mass is 339 g/mol. The van der Waals surface area contributed by atoms with Gasteiger partial charge in [0.2, 0.25) is 5.91 Å². The van der Waals surface area contributed by atoms with E-state index in [1.165, 1.54) is 11.9 Å². The van der Waals surface area contributed by atoms with E-state index in [2.05, 4.69) is 32.5 Å². The van der Waals surface area contributed by atoms with E-state index in [1.54, 1.807) is 41.1 Å². The van der Waals surface area contributed by atoms with Gasteiger partial charge in [-0.1, -0.05) is 30.3 Å². The lowest BCUT2D eigenvalue weighted by molar-refractivity contribution is -0.115. The van der Waals surface area contributed by atoms with Crippen LogP contribution in [0.15, 0.2) is 61.3 Å². The van der Waals surface area contributed by atoms with Gasteiger partial charge in [-0.2, -0.15) is 5.10 Å². The third kappa shape index (κ3) is 4.20. The van der Waals surface area contributed by atoms with Crippen molar-refractivity contribution in [2.45, 2.75) is 17.9 Å². The number of amides is 1. The molecule has 0 spiro atoms. The SMILES string of the molecule is CC(SCc1ccccc1)C(=O)Nc1ccc(-n2cncn2)nc1. The maximum atomic E-state index is 12.3. The summed E-state index contributed by atoms with van der Waals surface area (Å²) in [5.74, 6) is 1.42. The Morgan fingerprint density at radius 2 is 2.08 bits per heavy atom. The number of pyridine rings is 1. The van der Waals surface area contributed by atoms with Gasteiger partial charge in [-0.3, -0.25) is 4.79 Å². The Labute approximate surface area is 144 Å². The van der Waals surface area contributed by atoms with Crippen molar-refractivity contribution in [3.8, 4) is 5.82 Å². The van der Waals surface area contributed by atoms with E-state index in [9.17, 15) is 4.79 Å². The van der Waals surface area contributed by atoms with Crippen molar-refractivity contribution < 1.29 is 4.79 Å². The molecule has 7 heteroatoms.